The molecule has 6 aromatic carbocycles. The number of benzene rings is 6. The Morgan fingerprint density at radius 3 is 1.95 bits per heavy atom. The molecule has 8 nitrogen and oxygen atoms in total. The molecule has 0 saturated carbocycles. The SMILES string of the molecule is C=c1/c2n3c4ccc5oc6ccccc6c5c4nc3n1-c1ccc(C(C)(C)C)cc1/C=c1\c=2c2cc(C(C)(C)C)ccc2n1-c1nc2c(ccc3oc4ccccc4c32)[nH]1. The van der Waals surface area contributed by atoms with Crippen molar-refractivity contribution in [1.29, 1.82) is 0 Å². The van der Waals surface area contributed by atoms with E-state index in [4.69, 9.17) is 25.4 Å². The summed E-state index contributed by atoms with van der Waals surface area (Å²) in [6.45, 7) is 18.5. The molecular weight excluding hydrogens is 741 g/mol. The minimum atomic E-state index is -0.0970. The summed E-state index contributed by atoms with van der Waals surface area (Å²) in [4.78, 5) is 14.8. The average Bonchev–Trinajstić information content (AvgIpc) is 4.06. The first-order chi connectivity index (χ1) is 28.9. The number of para-hydroxylation sites is 2. The molecule has 0 atom stereocenters. The van der Waals surface area contributed by atoms with E-state index < -0.39 is 0 Å². The summed E-state index contributed by atoms with van der Waals surface area (Å²) in [5.74, 6) is 1.53. The van der Waals surface area contributed by atoms with Gasteiger partial charge in [-0.3, -0.25) is 13.5 Å². The van der Waals surface area contributed by atoms with E-state index >= 15 is 0 Å². The van der Waals surface area contributed by atoms with Gasteiger partial charge in [0.25, 0.3) is 0 Å². The van der Waals surface area contributed by atoms with E-state index in [2.05, 4.69) is 145 Å². The van der Waals surface area contributed by atoms with Gasteiger partial charge >= 0.3 is 0 Å². The van der Waals surface area contributed by atoms with Crippen LogP contribution < -0.4 is 10.7 Å². The van der Waals surface area contributed by atoms with Crippen LogP contribution in [0, 0.1) is 10.6 Å². The molecule has 8 heteroatoms. The standard InChI is InChI=1S/C52H40N6O2/c1-27-48-43-33-26-30(52(5,6)7)17-20-36(33)57(49-53-34-18-22-41-44(46(34)54-49)31-12-8-10-14-39(31)59-41)38(43)25-28-24-29(51(2,3)4)16-19-35(28)56(27)50-55-47-37(58(48)50)21-23-42-45(47)32-13-9-11-15-40(32)60-42/h8-26H,1H2,2-7H3,(H,53,54)/b38-25+,48-43-. The fourth-order valence-corrected chi connectivity index (χ4v) is 9.83. The van der Waals surface area contributed by atoms with Crippen LogP contribution in [0.3, 0.4) is 0 Å². The summed E-state index contributed by atoms with van der Waals surface area (Å²) in [5, 5.41) is 9.18. The molecule has 7 heterocycles. The van der Waals surface area contributed by atoms with Gasteiger partial charge in [0.2, 0.25) is 11.7 Å². The van der Waals surface area contributed by atoms with Gasteiger partial charge < -0.3 is 13.8 Å². The Kier molecular flexibility index (Phi) is 6.19. The zero-order chi connectivity index (χ0) is 40.6. The lowest BCUT2D eigenvalue weighted by molar-refractivity contribution is 0.590. The van der Waals surface area contributed by atoms with Gasteiger partial charge in [0.15, 0.2) is 0 Å². The van der Waals surface area contributed by atoms with E-state index in [1.54, 1.807) is 0 Å². The highest BCUT2D eigenvalue weighted by atomic mass is 16.3. The molecule has 6 aromatic heterocycles. The minimum Gasteiger partial charge on any atom is -0.456 e. The summed E-state index contributed by atoms with van der Waals surface area (Å²) in [7, 11) is 0. The first-order valence-electron chi connectivity index (χ1n) is 20.6. The number of hydrogen-bond donors (Lipinski definition) is 1. The van der Waals surface area contributed by atoms with Crippen molar-refractivity contribution in [3.05, 3.63) is 147 Å². The van der Waals surface area contributed by atoms with Gasteiger partial charge in [-0.25, -0.2) is 9.97 Å². The van der Waals surface area contributed by atoms with Crippen molar-refractivity contribution < 1.29 is 8.83 Å². The third kappa shape index (κ3) is 4.29. The molecule has 1 N–H and O–H groups in total. The lowest BCUT2D eigenvalue weighted by Gasteiger charge is -2.21. The van der Waals surface area contributed by atoms with Crippen molar-refractivity contribution in [3.63, 3.8) is 0 Å². The van der Waals surface area contributed by atoms with E-state index in [0.29, 0.717) is 0 Å². The van der Waals surface area contributed by atoms with Crippen molar-refractivity contribution in [3.8, 4) is 11.6 Å². The van der Waals surface area contributed by atoms with Crippen molar-refractivity contribution in [2.24, 2.45) is 0 Å². The third-order valence-corrected chi connectivity index (χ3v) is 12.8. The van der Waals surface area contributed by atoms with Gasteiger partial charge in [0.1, 0.15) is 33.4 Å². The third-order valence-electron chi connectivity index (χ3n) is 12.8. The Morgan fingerprint density at radius 2 is 1.23 bits per heavy atom. The second-order valence-electron chi connectivity index (χ2n) is 18.5. The van der Waals surface area contributed by atoms with Crippen LogP contribution in [-0.2, 0) is 10.8 Å². The lowest BCUT2D eigenvalue weighted by Crippen LogP contribution is -2.23. The minimum absolute atomic E-state index is 0.0831. The quantitative estimate of drug-likeness (QED) is 0.180. The molecule has 2 bridgehead atoms. The maximum absolute atomic E-state index is 6.39. The van der Waals surface area contributed by atoms with Gasteiger partial charge in [0, 0.05) is 26.9 Å². The van der Waals surface area contributed by atoms with Crippen LogP contribution in [0.5, 0.6) is 0 Å². The Labute approximate surface area is 342 Å². The molecule has 0 saturated heterocycles. The highest BCUT2D eigenvalue weighted by molar-refractivity contribution is 6.18. The number of imidazole rings is 3. The Balaban J connectivity index is 1.29. The fourth-order valence-electron chi connectivity index (χ4n) is 9.83. The molecule has 0 fully saturated rings. The zero-order valence-corrected chi connectivity index (χ0v) is 34.2. The van der Waals surface area contributed by atoms with Crippen molar-refractivity contribution in [1.82, 2.24) is 28.5 Å². The predicted octanol–water partition coefficient (Wildman–Crippen LogP) is 11.3. The van der Waals surface area contributed by atoms with E-state index in [0.717, 1.165) is 121 Å². The smallest absolute Gasteiger partial charge is 0.220 e. The first-order valence-corrected chi connectivity index (χ1v) is 20.6. The number of aromatic amines is 1. The Bertz CT molecular complexity index is 4110. The topological polar surface area (TPSA) is 82.1 Å². The fraction of sp³-hybridized carbons (Fsp3) is 0.154. The van der Waals surface area contributed by atoms with E-state index in [1.165, 1.54) is 11.1 Å². The predicted molar refractivity (Wildman–Crippen MR) is 243 cm³/mol. The van der Waals surface area contributed by atoms with Gasteiger partial charge in [-0.2, -0.15) is 0 Å². The zero-order valence-electron chi connectivity index (χ0n) is 34.2. The molecule has 0 radical (unpaired) electrons. The Morgan fingerprint density at radius 1 is 0.600 bits per heavy atom. The largest absolute Gasteiger partial charge is 0.456 e. The molecule has 60 heavy (non-hydrogen) atoms. The average molecular weight is 781 g/mol. The first kappa shape index (κ1) is 33.6. The number of hydrogen-bond acceptors (Lipinski definition) is 4. The van der Waals surface area contributed by atoms with Crippen LogP contribution in [0.2, 0.25) is 0 Å². The maximum atomic E-state index is 6.39. The van der Waals surface area contributed by atoms with Crippen LogP contribution in [-0.4, -0.2) is 28.5 Å². The van der Waals surface area contributed by atoms with E-state index in [-0.39, 0.29) is 10.8 Å². The van der Waals surface area contributed by atoms with Crippen LogP contribution in [0.25, 0.3) is 107 Å². The van der Waals surface area contributed by atoms with Crippen LogP contribution in [0.1, 0.15) is 58.2 Å². The van der Waals surface area contributed by atoms with Crippen LogP contribution >= 0.6 is 0 Å². The van der Waals surface area contributed by atoms with Crippen LogP contribution in [0.15, 0.2) is 118 Å². The molecule has 1 aliphatic rings. The summed E-state index contributed by atoms with van der Waals surface area (Å²) < 4.78 is 19.6. The van der Waals surface area contributed by atoms with Gasteiger partial charge in [0.05, 0.1) is 49.1 Å². The molecule has 0 amide bonds. The molecule has 13 rings (SSSR count). The normalized spacial score (nSPS) is 14.5. The second-order valence-corrected chi connectivity index (χ2v) is 18.5. The summed E-state index contributed by atoms with van der Waals surface area (Å²) >= 11 is 0. The van der Waals surface area contributed by atoms with Crippen molar-refractivity contribution in [2.45, 2.75) is 52.4 Å². The number of fused-ring (bicyclic) bond motifs is 21. The summed E-state index contributed by atoms with van der Waals surface area (Å²) in [6.07, 6.45) is 2.35. The number of nitrogens with zero attached hydrogens (tertiary/aromatic N) is 5. The number of rotatable bonds is 1. The van der Waals surface area contributed by atoms with Gasteiger partial charge in [-0.05, 0) is 88.7 Å². The number of H-pyrrole nitrogens is 1. The lowest BCUT2D eigenvalue weighted by atomic mass is 9.85. The summed E-state index contributed by atoms with van der Waals surface area (Å²) in [6, 6.07) is 38.5. The van der Waals surface area contributed by atoms with E-state index in [1.807, 2.05) is 30.3 Å². The molecular formula is C52H40N6O2. The highest BCUT2D eigenvalue weighted by Crippen LogP contribution is 2.38. The number of nitrogens with one attached hydrogen (secondary N) is 1. The Hall–Kier alpha value is -7.32. The molecule has 12 aromatic rings. The number of aromatic nitrogens is 6. The molecule has 0 spiro atoms. The molecule has 0 unspecified atom stereocenters. The maximum Gasteiger partial charge on any atom is 0.220 e. The second kappa shape index (κ2) is 11.0. The molecule has 290 valence electrons. The monoisotopic (exact) mass is 780 g/mol. The molecule has 1 aliphatic heterocycles. The van der Waals surface area contributed by atoms with Gasteiger partial charge in [-0.15, -0.1) is 0 Å². The van der Waals surface area contributed by atoms with Crippen molar-refractivity contribution >= 4 is 95.3 Å². The van der Waals surface area contributed by atoms with Gasteiger partial charge in [-0.1, -0.05) is 96.7 Å². The van der Waals surface area contributed by atoms with Crippen LogP contribution in [0.4, 0.5) is 0 Å². The number of furan rings is 2. The molecule has 0 aliphatic carbocycles. The van der Waals surface area contributed by atoms with Crippen molar-refractivity contribution in [2.75, 3.05) is 0 Å². The van der Waals surface area contributed by atoms with E-state index in [9.17, 15) is 0 Å². The summed E-state index contributed by atoms with van der Waals surface area (Å²) in [5.41, 5.74) is 12.5. The highest BCUT2D eigenvalue weighted by Gasteiger charge is 2.27.